The van der Waals surface area contributed by atoms with Crippen LogP contribution in [0.4, 0.5) is 0 Å². The summed E-state index contributed by atoms with van der Waals surface area (Å²) in [6, 6.07) is -0.421. The van der Waals surface area contributed by atoms with E-state index in [0.717, 1.165) is 19.3 Å². The summed E-state index contributed by atoms with van der Waals surface area (Å²) >= 11 is 0. The van der Waals surface area contributed by atoms with Crippen molar-refractivity contribution in [2.45, 2.75) is 72.0 Å². The van der Waals surface area contributed by atoms with Crippen molar-refractivity contribution in [1.82, 2.24) is 10.2 Å². The van der Waals surface area contributed by atoms with E-state index in [4.69, 9.17) is 0 Å². The summed E-state index contributed by atoms with van der Waals surface area (Å²) in [5, 5.41) is 2.94. The van der Waals surface area contributed by atoms with Crippen LogP contribution in [0.15, 0.2) is 0 Å². The molecule has 4 nitrogen and oxygen atoms in total. The first kappa shape index (κ1) is 15.3. The molecule has 1 aliphatic carbocycles. The van der Waals surface area contributed by atoms with E-state index in [1.807, 2.05) is 32.6 Å². The molecular formula is C16H28N2O2. The van der Waals surface area contributed by atoms with Crippen molar-refractivity contribution in [3.8, 4) is 0 Å². The van der Waals surface area contributed by atoms with Gasteiger partial charge < -0.3 is 10.2 Å². The number of nitrogens with zero attached hydrogens (tertiary/aromatic N) is 1. The summed E-state index contributed by atoms with van der Waals surface area (Å²) in [4.78, 5) is 27.3. The molecule has 0 radical (unpaired) electrons. The molecule has 0 aromatic heterocycles. The van der Waals surface area contributed by atoms with Crippen molar-refractivity contribution >= 4 is 11.8 Å². The molecule has 1 heterocycles. The minimum atomic E-state index is -0.356. The lowest BCUT2D eigenvalue weighted by atomic mass is 9.89. The van der Waals surface area contributed by atoms with Crippen molar-refractivity contribution in [2.75, 3.05) is 0 Å². The first-order chi connectivity index (χ1) is 9.34. The molecule has 20 heavy (non-hydrogen) atoms. The van der Waals surface area contributed by atoms with Crippen molar-refractivity contribution in [1.29, 1.82) is 0 Å². The van der Waals surface area contributed by atoms with Crippen molar-refractivity contribution in [3.05, 3.63) is 0 Å². The summed E-state index contributed by atoms with van der Waals surface area (Å²) in [5.74, 6) is 0.937. The molecule has 0 spiro atoms. The van der Waals surface area contributed by atoms with E-state index in [0.29, 0.717) is 5.92 Å². The summed E-state index contributed by atoms with van der Waals surface area (Å²) in [6.45, 7) is 10.3. The van der Waals surface area contributed by atoms with Crippen LogP contribution in [-0.2, 0) is 9.59 Å². The maximum atomic E-state index is 12.9. The number of carbonyl (C=O) groups excluding carboxylic acids is 2. The van der Waals surface area contributed by atoms with Gasteiger partial charge in [0.1, 0.15) is 12.1 Å². The van der Waals surface area contributed by atoms with Gasteiger partial charge in [0.05, 0.1) is 0 Å². The highest BCUT2D eigenvalue weighted by molar-refractivity contribution is 5.97. The molecule has 0 aromatic rings. The van der Waals surface area contributed by atoms with Gasteiger partial charge in [-0.2, -0.15) is 0 Å². The molecule has 0 aromatic carbocycles. The molecule has 2 rings (SSSR count). The maximum absolute atomic E-state index is 12.9. The minimum absolute atomic E-state index is 0.0254. The average molecular weight is 280 g/mol. The SMILES string of the molecule is CC(C)C1NC(=O)C(C(C)C)N(C2CCCC2C)C1=O. The number of nitrogens with one attached hydrogen (secondary N) is 1. The smallest absolute Gasteiger partial charge is 0.246 e. The largest absolute Gasteiger partial charge is 0.342 e. The van der Waals surface area contributed by atoms with Gasteiger partial charge in [-0.3, -0.25) is 9.59 Å². The van der Waals surface area contributed by atoms with Crippen LogP contribution in [0.2, 0.25) is 0 Å². The van der Waals surface area contributed by atoms with Crippen molar-refractivity contribution in [2.24, 2.45) is 17.8 Å². The summed E-state index contributed by atoms with van der Waals surface area (Å²) in [7, 11) is 0. The Bertz CT molecular complexity index is 392. The number of piperazine rings is 1. The fourth-order valence-corrected chi connectivity index (χ4v) is 3.71. The summed E-state index contributed by atoms with van der Waals surface area (Å²) in [5.41, 5.74) is 0. The van der Waals surface area contributed by atoms with Crippen molar-refractivity contribution < 1.29 is 9.59 Å². The standard InChI is InChI=1S/C16H28N2O2/c1-9(2)13-16(20)18(12-8-6-7-11(12)5)14(10(3)4)15(19)17-13/h9-14H,6-8H2,1-5H3,(H,17,19). The van der Waals surface area contributed by atoms with Crippen LogP contribution in [0.3, 0.4) is 0 Å². The monoisotopic (exact) mass is 280 g/mol. The predicted octanol–water partition coefficient (Wildman–Crippen LogP) is 2.18. The van der Waals surface area contributed by atoms with Crippen LogP contribution in [-0.4, -0.2) is 34.8 Å². The Labute approximate surface area is 122 Å². The molecule has 2 aliphatic rings. The molecule has 1 N–H and O–H groups in total. The maximum Gasteiger partial charge on any atom is 0.246 e. The van der Waals surface area contributed by atoms with E-state index in [-0.39, 0.29) is 41.8 Å². The molecule has 114 valence electrons. The first-order valence-electron chi connectivity index (χ1n) is 7.97. The van der Waals surface area contributed by atoms with E-state index in [1.54, 1.807) is 0 Å². The van der Waals surface area contributed by atoms with E-state index >= 15 is 0 Å². The molecular weight excluding hydrogens is 252 g/mol. The topological polar surface area (TPSA) is 49.4 Å². The number of hydrogen-bond acceptors (Lipinski definition) is 2. The molecule has 1 aliphatic heterocycles. The molecule has 1 saturated carbocycles. The second kappa shape index (κ2) is 5.74. The Morgan fingerprint density at radius 3 is 2.20 bits per heavy atom. The quantitative estimate of drug-likeness (QED) is 0.861. The fourth-order valence-electron chi connectivity index (χ4n) is 3.71. The molecule has 2 amide bonds. The average Bonchev–Trinajstić information content (AvgIpc) is 2.76. The van der Waals surface area contributed by atoms with E-state index in [1.165, 1.54) is 0 Å². The van der Waals surface area contributed by atoms with Crippen molar-refractivity contribution in [3.63, 3.8) is 0 Å². The number of carbonyl (C=O) groups is 2. The Morgan fingerprint density at radius 2 is 1.75 bits per heavy atom. The predicted molar refractivity (Wildman–Crippen MR) is 79.0 cm³/mol. The third kappa shape index (κ3) is 2.57. The van der Waals surface area contributed by atoms with Gasteiger partial charge in [-0.1, -0.05) is 41.0 Å². The molecule has 4 heteroatoms. The molecule has 1 saturated heterocycles. The van der Waals surface area contributed by atoms with Gasteiger partial charge >= 0.3 is 0 Å². The minimum Gasteiger partial charge on any atom is -0.342 e. The third-order valence-corrected chi connectivity index (χ3v) is 4.86. The van der Waals surface area contributed by atoms with Gasteiger partial charge in [-0.05, 0) is 30.6 Å². The number of hydrogen-bond donors (Lipinski definition) is 1. The van der Waals surface area contributed by atoms with E-state index in [9.17, 15) is 9.59 Å². The molecule has 2 fully saturated rings. The van der Waals surface area contributed by atoms with Crippen LogP contribution in [0.5, 0.6) is 0 Å². The van der Waals surface area contributed by atoms with Gasteiger partial charge in [0.2, 0.25) is 11.8 Å². The van der Waals surface area contributed by atoms with Gasteiger partial charge in [-0.25, -0.2) is 0 Å². The van der Waals surface area contributed by atoms with Crippen LogP contribution in [0, 0.1) is 17.8 Å². The van der Waals surface area contributed by atoms with Crippen LogP contribution in [0.1, 0.15) is 53.9 Å². The van der Waals surface area contributed by atoms with Crippen LogP contribution >= 0.6 is 0 Å². The van der Waals surface area contributed by atoms with E-state index in [2.05, 4.69) is 12.2 Å². The van der Waals surface area contributed by atoms with Gasteiger partial charge in [0.15, 0.2) is 0 Å². The highest BCUT2D eigenvalue weighted by atomic mass is 16.2. The first-order valence-corrected chi connectivity index (χ1v) is 7.97. The second-order valence-electron chi connectivity index (χ2n) is 7.14. The lowest BCUT2D eigenvalue weighted by Gasteiger charge is -2.46. The third-order valence-electron chi connectivity index (χ3n) is 4.86. The van der Waals surface area contributed by atoms with Crippen LogP contribution < -0.4 is 5.32 Å². The summed E-state index contributed by atoms with van der Waals surface area (Å²) < 4.78 is 0. The molecule has 0 bridgehead atoms. The highest BCUT2D eigenvalue weighted by Crippen LogP contribution is 2.34. The zero-order valence-corrected chi connectivity index (χ0v) is 13.3. The number of amides is 2. The van der Waals surface area contributed by atoms with Gasteiger partial charge in [0.25, 0.3) is 0 Å². The fraction of sp³-hybridized carbons (Fsp3) is 0.875. The Kier molecular flexibility index (Phi) is 4.40. The highest BCUT2D eigenvalue weighted by Gasteiger charge is 2.47. The normalized spacial score (nSPS) is 35.0. The van der Waals surface area contributed by atoms with E-state index < -0.39 is 0 Å². The summed E-state index contributed by atoms with van der Waals surface area (Å²) in [6.07, 6.45) is 3.36. The Morgan fingerprint density at radius 1 is 1.10 bits per heavy atom. The van der Waals surface area contributed by atoms with Gasteiger partial charge in [-0.15, -0.1) is 0 Å². The Hall–Kier alpha value is -1.06. The Balaban J connectivity index is 2.33. The molecule has 4 unspecified atom stereocenters. The molecule has 4 atom stereocenters. The number of rotatable bonds is 3. The van der Waals surface area contributed by atoms with Gasteiger partial charge in [0, 0.05) is 6.04 Å². The lowest BCUT2D eigenvalue weighted by Crippen LogP contribution is -2.68. The zero-order chi connectivity index (χ0) is 15.0. The lowest BCUT2D eigenvalue weighted by molar-refractivity contribution is -0.156. The zero-order valence-electron chi connectivity index (χ0n) is 13.3. The second-order valence-corrected chi connectivity index (χ2v) is 7.14. The van der Waals surface area contributed by atoms with Crippen LogP contribution in [0.25, 0.3) is 0 Å².